The van der Waals surface area contributed by atoms with Gasteiger partial charge < -0.3 is 5.32 Å². The third-order valence-electron chi connectivity index (χ3n) is 6.40. The van der Waals surface area contributed by atoms with Gasteiger partial charge in [-0.25, -0.2) is 4.98 Å². The minimum absolute atomic E-state index is 0.0764. The molecule has 1 aliphatic carbocycles. The molecule has 0 bridgehead atoms. The Balaban J connectivity index is 1.51. The van der Waals surface area contributed by atoms with E-state index in [1.165, 1.54) is 28.0 Å². The van der Waals surface area contributed by atoms with Gasteiger partial charge in [-0.1, -0.05) is 36.9 Å². The Morgan fingerprint density at radius 1 is 1.29 bits per heavy atom. The lowest BCUT2D eigenvalue weighted by molar-refractivity contribution is -0.113. The molecule has 5 rings (SSSR count). The summed E-state index contributed by atoms with van der Waals surface area (Å²) < 4.78 is 1.63. The van der Waals surface area contributed by atoms with Crippen molar-refractivity contribution in [3.8, 4) is 11.8 Å². The van der Waals surface area contributed by atoms with Gasteiger partial charge >= 0.3 is 0 Å². The Hall–Kier alpha value is -2.93. The summed E-state index contributed by atoms with van der Waals surface area (Å²) in [4.78, 5) is 34.5. The quantitative estimate of drug-likeness (QED) is 0.263. The van der Waals surface area contributed by atoms with Crippen LogP contribution in [0, 0.1) is 31.1 Å². The van der Waals surface area contributed by atoms with Crippen molar-refractivity contribution in [2.75, 3.05) is 11.1 Å². The van der Waals surface area contributed by atoms with Crippen LogP contribution in [-0.2, 0) is 17.6 Å². The number of fused-ring (bicyclic) bond motifs is 3. The first-order valence-electron chi connectivity index (χ1n) is 11.4. The van der Waals surface area contributed by atoms with E-state index in [2.05, 4.69) is 18.3 Å². The number of amides is 1. The number of nitriles is 1. The molecule has 1 N–H and O–H groups in total. The number of hydrogen-bond donors (Lipinski definition) is 1. The van der Waals surface area contributed by atoms with Gasteiger partial charge in [0.25, 0.3) is 5.56 Å². The summed E-state index contributed by atoms with van der Waals surface area (Å²) in [5.74, 6) is 0.446. The van der Waals surface area contributed by atoms with Crippen LogP contribution in [0.5, 0.6) is 0 Å². The number of nitrogens with one attached hydrogen (secondary N) is 1. The lowest BCUT2D eigenvalue weighted by Gasteiger charge is -2.17. The Morgan fingerprint density at radius 3 is 2.80 bits per heavy atom. The summed E-state index contributed by atoms with van der Waals surface area (Å²) in [6.45, 7) is 6.06. The van der Waals surface area contributed by atoms with Crippen molar-refractivity contribution < 1.29 is 4.79 Å². The number of nitrogens with zero attached hydrogens (tertiary/aromatic N) is 3. The van der Waals surface area contributed by atoms with E-state index in [0.29, 0.717) is 21.6 Å². The number of carbonyl (C=O) groups excluding carboxylic acids is 1. The van der Waals surface area contributed by atoms with Crippen LogP contribution in [0.2, 0.25) is 0 Å². The van der Waals surface area contributed by atoms with Crippen molar-refractivity contribution in [2.24, 2.45) is 5.92 Å². The Morgan fingerprint density at radius 2 is 2.06 bits per heavy atom. The first-order chi connectivity index (χ1) is 16.9. The third kappa shape index (κ3) is 4.42. The topological polar surface area (TPSA) is 87.8 Å². The monoisotopic (exact) mass is 520 g/mol. The van der Waals surface area contributed by atoms with Crippen molar-refractivity contribution >= 4 is 55.6 Å². The maximum Gasteiger partial charge on any atom is 0.267 e. The highest BCUT2D eigenvalue weighted by atomic mass is 32.2. The van der Waals surface area contributed by atoms with Crippen LogP contribution >= 0.6 is 34.4 Å². The van der Waals surface area contributed by atoms with Crippen LogP contribution < -0.4 is 10.9 Å². The maximum absolute atomic E-state index is 13.8. The third-order valence-corrected chi connectivity index (χ3v) is 9.60. The molecular formula is C26H24N4O2S3. The average Bonchev–Trinajstić information content (AvgIpc) is 3.33. The zero-order chi connectivity index (χ0) is 24.7. The van der Waals surface area contributed by atoms with Gasteiger partial charge in [0.2, 0.25) is 5.91 Å². The average molecular weight is 521 g/mol. The van der Waals surface area contributed by atoms with E-state index in [9.17, 15) is 14.9 Å². The number of para-hydroxylation sites is 1. The van der Waals surface area contributed by atoms with Crippen LogP contribution in [-0.4, -0.2) is 21.2 Å². The second kappa shape index (κ2) is 9.61. The SMILES string of the molecule is Cc1sc(NC(=O)CSc2nc3sc4c(c3c(=O)n2-c2ccccc2)CC[C@@H](C)C4)c(C#N)c1C. The van der Waals surface area contributed by atoms with E-state index < -0.39 is 0 Å². The lowest BCUT2D eigenvalue weighted by atomic mass is 9.89. The molecule has 4 aromatic rings. The fraction of sp³-hybridized carbons (Fsp3) is 0.308. The van der Waals surface area contributed by atoms with Crippen molar-refractivity contribution in [2.45, 2.75) is 45.2 Å². The summed E-state index contributed by atoms with van der Waals surface area (Å²) in [5, 5.41) is 14.1. The van der Waals surface area contributed by atoms with Gasteiger partial charge in [-0.15, -0.1) is 22.7 Å². The van der Waals surface area contributed by atoms with Gasteiger partial charge in [0.05, 0.1) is 22.4 Å². The zero-order valence-corrected chi connectivity index (χ0v) is 22.1. The molecule has 1 atom stereocenters. The first-order valence-corrected chi connectivity index (χ1v) is 14.0. The number of thioether (sulfide) groups is 1. The summed E-state index contributed by atoms with van der Waals surface area (Å²) in [6.07, 6.45) is 2.96. The molecule has 6 nitrogen and oxygen atoms in total. The fourth-order valence-corrected chi connectivity index (χ4v) is 7.68. The van der Waals surface area contributed by atoms with Crippen molar-refractivity contribution in [1.29, 1.82) is 5.26 Å². The minimum Gasteiger partial charge on any atom is -0.316 e. The summed E-state index contributed by atoms with van der Waals surface area (Å²) in [6, 6.07) is 11.6. The van der Waals surface area contributed by atoms with E-state index in [-0.39, 0.29) is 17.2 Å². The molecule has 1 aromatic carbocycles. The molecule has 1 aliphatic rings. The van der Waals surface area contributed by atoms with Crippen LogP contribution in [0.25, 0.3) is 15.9 Å². The number of rotatable bonds is 5. The van der Waals surface area contributed by atoms with Crippen LogP contribution in [0.4, 0.5) is 5.00 Å². The molecule has 0 fully saturated rings. The van der Waals surface area contributed by atoms with Gasteiger partial charge in [-0.05, 0) is 62.3 Å². The molecule has 3 aromatic heterocycles. The van der Waals surface area contributed by atoms with Crippen LogP contribution in [0.1, 0.15) is 39.8 Å². The highest BCUT2D eigenvalue weighted by Gasteiger charge is 2.25. The van der Waals surface area contributed by atoms with E-state index in [1.807, 2.05) is 44.2 Å². The lowest BCUT2D eigenvalue weighted by Crippen LogP contribution is -2.23. The standard InChI is InChI=1S/C26H24N4O2S3/c1-14-9-10-18-20(11-14)35-24-22(18)25(32)30(17-7-5-4-6-8-17)26(29-24)33-13-21(31)28-23-19(12-27)15(2)16(3)34-23/h4-8,14H,9-11,13H2,1-3H3,(H,28,31)/t14-/m1/s1. The van der Waals surface area contributed by atoms with Crippen molar-refractivity contribution in [1.82, 2.24) is 9.55 Å². The Kier molecular flexibility index (Phi) is 6.53. The second-order valence-corrected chi connectivity index (χ2v) is 12.1. The highest BCUT2D eigenvalue weighted by Crippen LogP contribution is 2.37. The van der Waals surface area contributed by atoms with Gasteiger partial charge in [-0.2, -0.15) is 5.26 Å². The molecule has 0 aliphatic heterocycles. The van der Waals surface area contributed by atoms with E-state index >= 15 is 0 Å². The second-order valence-electron chi connectivity index (χ2n) is 8.84. The van der Waals surface area contributed by atoms with Gasteiger partial charge in [0, 0.05) is 9.75 Å². The smallest absolute Gasteiger partial charge is 0.267 e. The first kappa shape index (κ1) is 23.8. The van der Waals surface area contributed by atoms with Crippen molar-refractivity contribution in [3.05, 3.63) is 67.1 Å². The number of anilines is 1. The normalized spacial score (nSPS) is 15.1. The molecule has 0 saturated carbocycles. The van der Waals surface area contributed by atoms with Crippen LogP contribution in [0.3, 0.4) is 0 Å². The molecule has 35 heavy (non-hydrogen) atoms. The summed E-state index contributed by atoms with van der Waals surface area (Å²) in [7, 11) is 0. The fourth-order valence-electron chi connectivity index (χ4n) is 4.42. The van der Waals surface area contributed by atoms with E-state index in [1.54, 1.807) is 15.9 Å². The number of aryl methyl sites for hydroxylation is 2. The molecule has 0 radical (unpaired) electrons. The molecule has 178 valence electrons. The molecule has 0 saturated heterocycles. The molecule has 9 heteroatoms. The van der Waals surface area contributed by atoms with Crippen LogP contribution in [0.15, 0.2) is 40.3 Å². The molecule has 0 unspecified atom stereocenters. The molecule has 3 heterocycles. The Labute approximate surface area is 215 Å². The Bertz CT molecular complexity index is 1540. The van der Waals surface area contributed by atoms with Gasteiger partial charge in [0.15, 0.2) is 5.16 Å². The summed E-state index contributed by atoms with van der Waals surface area (Å²) >= 11 is 4.25. The number of benzene rings is 1. The minimum atomic E-state index is -0.235. The number of aromatic nitrogens is 2. The molecule has 1 amide bonds. The summed E-state index contributed by atoms with van der Waals surface area (Å²) in [5.41, 5.74) is 3.20. The van der Waals surface area contributed by atoms with Gasteiger partial charge in [-0.3, -0.25) is 14.2 Å². The number of carbonyl (C=O) groups is 1. The predicted octanol–water partition coefficient (Wildman–Crippen LogP) is 5.85. The number of thiophene rings is 2. The zero-order valence-electron chi connectivity index (χ0n) is 19.7. The van der Waals surface area contributed by atoms with Crippen molar-refractivity contribution in [3.63, 3.8) is 0 Å². The molecule has 0 spiro atoms. The highest BCUT2D eigenvalue weighted by molar-refractivity contribution is 7.99. The van der Waals surface area contributed by atoms with Gasteiger partial charge in [0.1, 0.15) is 15.9 Å². The van der Waals surface area contributed by atoms with E-state index in [0.717, 1.165) is 51.2 Å². The number of hydrogen-bond acceptors (Lipinski definition) is 7. The largest absolute Gasteiger partial charge is 0.316 e. The predicted molar refractivity (Wildman–Crippen MR) is 144 cm³/mol. The van der Waals surface area contributed by atoms with E-state index in [4.69, 9.17) is 4.98 Å². The maximum atomic E-state index is 13.8. The molecular weight excluding hydrogens is 497 g/mol.